The van der Waals surface area contributed by atoms with Crippen molar-refractivity contribution < 1.29 is 14.3 Å². The number of nitrogens with zero attached hydrogens (tertiary/aromatic N) is 4. The minimum atomic E-state index is -0.489. The Labute approximate surface area is 166 Å². The standard InChI is InChI=1S/C19H23N5O5/c1-22-17-16(18(26)23(2)19(22)27)24(11-21-17)10-15(25)20-6-5-12-7-13(28-3)9-14(8-12)29-4/h7-9,11H,5-6,10H2,1-4H3,(H,20,25). The number of benzene rings is 1. The quantitative estimate of drug-likeness (QED) is 0.588. The third kappa shape index (κ3) is 4.00. The van der Waals surface area contributed by atoms with Gasteiger partial charge in [0, 0.05) is 26.7 Å². The van der Waals surface area contributed by atoms with Gasteiger partial charge in [0.2, 0.25) is 5.91 Å². The first-order valence-electron chi connectivity index (χ1n) is 8.95. The van der Waals surface area contributed by atoms with Crippen LogP contribution in [0.3, 0.4) is 0 Å². The lowest BCUT2D eigenvalue weighted by atomic mass is 10.1. The van der Waals surface area contributed by atoms with E-state index in [4.69, 9.17) is 9.47 Å². The number of carbonyl (C=O) groups is 1. The van der Waals surface area contributed by atoms with Crippen LogP contribution >= 0.6 is 0 Å². The second-order valence-corrected chi connectivity index (χ2v) is 6.57. The van der Waals surface area contributed by atoms with Crippen molar-refractivity contribution in [2.45, 2.75) is 13.0 Å². The summed E-state index contributed by atoms with van der Waals surface area (Å²) in [6, 6.07) is 5.53. The van der Waals surface area contributed by atoms with Crippen LogP contribution in [0, 0.1) is 0 Å². The van der Waals surface area contributed by atoms with Gasteiger partial charge in [-0.1, -0.05) is 0 Å². The van der Waals surface area contributed by atoms with Crippen LogP contribution in [-0.4, -0.2) is 45.4 Å². The highest BCUT2D eigenvalue weighted by molar-refractivity contribution is 5.78. The van der Waals surface area contributed by atoms with Gasteiger partial charge >= 0.3 is 5.69 Å². The number of amides is 1. The summed E-state index contributed by atoms with van der Waals surface area (Å²) in [6.45, 7) is 0.323. The normalized spacial score (nSPS) is 10.9. The molecule has 3 aromatic rings. The lowest BCUT2D eigenvalue weighted by Gasteiger charge is -2.10. The number of carbonyl (C=O) groups excluding carboxylic acids is 1. The van der Waals surface area contributed by atoms with E-state index in [9.17, 15) is 14.4 Å². The lowest BCUT2D eigenvalue weighted by Crippen LogP contribution is -2.38. The largest absolute Gasteiger partial charge is 0.497 e. The summed E-state index contributed by atoms with van der Waals surface area (Å²) in [4.78, 5) is 40.9. The maximum Gasteiger partial charge on any atom is 0.332 e. The fourth-order valence-corrected chi connectivity index (χ4v) is 3.08. The van der Waals surface area contributed by atoms with Crippen molar-refractivity contribution in [3.63, 3.8) is 0 Å². The molecule has 1 amide bonds. The Morgan fingerprint density at radius 2 is 1.72 bits per heavy atom. The Kier molecular flexibility index (Phi) is 5.71. The summed E-state index contributed by atoms with van der Waals surface area (Å²) in [6.07, 6.45) is 1.97. The van der Waals surface area contributed by atoms with Crippen LogP contribution in [0.1, 0.15) is 5.56 Å². The van der Waals surface area contributed by atoms with Gasteiger partial charge in [-0.05, 0) is 24.1 Å². The number of methoxy groups -OCH3 is 2. The van der Waals surface area contributed by atoms with Crippen molar-refractivity contribution in [2.24, 2.45) is 14.1 Å². The molecule has 0 aliphatic rings. The van der Waals surface area contributed by atoms with Gasteiger partial charge in [-0.25, -0.2) is 9.78 Å². The first kappa shape index (κ1) is 20.2. The van der Waals surface area contributed by atoms with Crippen LogP contribution in [0.25, 0.3) is 11.2 Å². The molecule has 0 saturated heterocycles. The Hall–Kier alpha value is -3.56. The van der Waals surface area contributed by atoms with Crippen molar-refractivity contribution in [1.82, 2.24) is 24.0 Å². The fourth-order valence-electron chi connectivity index (χ4n) is 3.08. The minimum Gasteiger partial charge on any atom is -0.497 e. The van der Waals surface area contributed by atoms with Gasteiger partial charge in [0.1, 0.15) is 18.0 Å². The highest BCUT2D eigenvalue weighted by Crippen LogP contribution is 2.22. The lowest BCUT2D eigenvalue weighted by molar-refractivity contribution is -0.121. The molecule has 0 fully saturated rings. The van der Waals surface area contributed by atoms with Gasteiger partial charge in [-0.2, -0.15) is 0 Å². The summed E-state index contributed by atoms with van der Waals surface area (Å²) < 4.78 is 14.2. The molecule has 0 aliphatic carbocycles. The molecule has 0 unspecified atom stereocenters. The van der Waals surface area contributed by atoms with Crippen LogP contribution in [0.15, 0.2) is 34.1 Å². The molecule has 0 spiro atoms. The molecule has 1 N–H and O–H groups in total. The average Bonchev–Trinajstić information content (AvgIpc) is 3.13. The van der Waals surface area contributed by atoms with Gasteiger partial charge in [0.15, 0.2) is 11.2 Å². The molecule has 29 heavy (non-hydrogen) atoms. The Morgan fingerprint density at radius 3 is 2.34 bits per heavy atom. The summed E-state index contributed by atoms with van der Waals surface area (Å²) >= 11 is 0. The molecule has 10 nitrogen and oxygen atoms in total. The Morgan fingerprint density at radius 1 is 1.07 bits per heavy atom. The maximum absolute atomic E-state index is 12.4. The average molecular weight is 401 g/mol. The maximum atomic E-state index is 12.4. The van der Waals surface area contributed by atoms with Crippen LogP contribution in [-0.2, 0) is 31.9 Å². The first-order valence-corrected chi connectivity index (χ1v) is 8.95. The zero-order chi connectivity index (χ0) is 21.1. The zero-order valence-electron chi connectivity index (χ0n) is 16.8. The van der Waals surface area contributed by atoms with E-state index in [1.165, 1.54) is 29.6 Å². The molecular formula is C19H23N5O5. The molecule has 10 heteroatoms. The number of hydrogen-bond donors (Lipinski definition) is 1. The second kappa shape index (κ2) is 8.21. The number of fused-ring (bicyclic) bond motifs is 1. The van der Waals surface area contributed by atoms with Crippen molar-refractivity contribution in [2.75, 3.05) is 20.8 Å². The van der Waals surface area contributed by atoms with Gasteiger partial charge in [-0.3, -0.25) is 18.7 Å². The number of imidazole rings is 1. The third-order valence-corrected chi connectivity index (χ3v) is 4.68. The van der Waals surface area contributed by atoms with E-state index in [1.54, 1.807) is 20.3 Å². The summed E-state index contributed by atoms with van der Waals surface area (Å²) in [5, 5.41) is 2.82. The van der Waals surface area contributed by atoms with E-state index in [1.807, 2.05) is 12.1 Å². The molecule has 0 bridgehead atoms. The highest BCUT2D eigenvalue weighted by Gasteiger charge is 2.15. The molecule has 0 aliphatic heterocycles. The Balaban J connectivity index is 1.69. The number of aromatic nitrogens is 4. The first-order chi connectivity index (χ1) is 13.8. The van der Waals surface area contributed by atoms with E-state index in [2.05, 4.69) is 10.3 Å². The fraction of sp³-hybridized carbons (Fsp3) is 0.368. The van der Waals surface area contributed by atoms with Crippen molar-refractivity contribution in [1.29, 1.82) is 0 Å². The van der Waals surface area contributed by atoms with Crippen LogP contribution in [0.2, 0.25) is 0 Å². The van der Waals surface area contributed by atoms with Crippen molar-refractivity contribution in [3.8, 4) is 11.5 Å². The molecule has 3 rings (SSSR count). The molecule has 2 heterocycles. The molecule has 2 aromatic heterocycles. The zero-order valence-corrected chi connectivity index (χ0v) is 16.8. The number of nitrogens with one attached hydrogen (secondary N) is 1. The topological polar surface area (TPSA) is 109 Å². The number of rotatable bonds is 7. The summed E-state index contributed by atoms with van der Waals surface area (Å²) in [5.41, 5.74) is 0.456. The third-order valence-electron chi connectivity index (χ3n) is 4.68. The Bertz CT molecular complexity index is 1150. The number of ether oxygens (including phenoxy) is 2. The highest BCUT2D eigenvalue weighted by atomic mass is 16.5. The van der Waals surface area contributed by atoms with E-state index in [0.717, 1.165) is 10.1 Å². The van der Waals surface area contributed by atoms with Crippen LogP contribution in [0.5, 0.6) is 11.5 Å². The monoisotopic (exact) mass is 401 g/mol. The van der Waals surface area contributed by atoms with E-state index in [0.29, 0.717) is 24.5 Å². The van der Waals surface area contributed by atoms with Gasteiger partial charge < -0.3 is 19.4 Å². The molecule has 0 saturated carbocycles. The summed E-state index contributed by atoms with van der Waals surface area (Å²) in [7, 11) is 6.08. The van der Waals surface area contributed by atoms with E-state index < -0.39 is 11.2 Å². The minimum absolute atomic E-state index is 0.0780. The van der Waals surface area contributed by atoms with Crippen molar-refractivity contribution >= 4 is 17.1 Å². The SMILES string of the molecule is COc1cc(CCNC(=O)Cn2cnc3c2c(=O)n(C)c(=O)n3C)cc(OC)c1. The molecule has 0 radical (unpaired) electrons. The second-order valence-electron chi connectivity index (χ2n) is 6.57. The number of aryl methyl sites for hydroxylation is 1. The number of hydrogen-bond acceptors (Lipinski definition) is 6. The van der Waals surface area contributed by atoms with E-state index in [-0.39, 0.29) is 23.6 Å². The van der Waals surface area contributed by atoms with E-state index >= 15 is 0 Å². The van der Waals surface area contributed by atoms with Crippen molar-refractivity contribution in [3.05, 3.63) is 50.9 Å². The molecule has 0 atom stereocenters. The predicted molar refractivity (Wildman–Crippen MR) is 106 cm³/mol. The van der Waals surface area contributed by atoms with Crippen LogP contribution in [0.4, 0.5) is 0 Å². The molecule has 1 aromatic carbocycles. The predicted octanol–water partition coefficient (Wildman–Crippen LogP) is -0.190. The molecule has 154 valence electrons. The van der Waals surface area contributed by atoms with Gasteiger partial charge in [-0.15, -0.1) is 0 Å². The smallest absolute Gasteiger partial charge is 0.332 e. The molecular weight excluding hydrogens is 378 g/mol. The summed E-state index contributed by atoms with van der Waals surface area (Å²) in [5.74, 6) is 1.09. The van der Waals surface area contributed by atoms with Crippen LogP contribution < -0.4 is 26.0 Å². The van der Waals surface area contributed by atoms with Gasteiger partial charge in [0.05, 0.1) is 20.5 Å². The van der Waals surface area contributed by atoms with Gasteiger partial charge in [0.25, 0.3) is 5.56 Å².